The number of ether oxygens (including phenoxy) is 1. The van der Waals surface area contributed by atoms with Crippen LogP contribution in [0.4, 0.5) is 5.69 Å². The summed E-state index contributed by atoms with van der Waals surface area (Å²) < 4.78 is 8.01. The van der Waals surface area contributed by atoms with E-state index >= 15 is 0 Å². The molecule has 0 fully saturated rings. The molecule has 4 aromatic rings. The van der Waals surface area contributed by atoms with Gasteiger partial charge in [0.05, 0.1) is 27.5 Å². The molecular weight excluding hydrogens is 521 g/mol. The lowest BCUT2D eigenvalue weighted by atomic mass is 10.0. The van der Waals surface area contributed by atoms with Gasteiger partial charge < -0.3 is 14.7 Å². The highest BCUT2D eigenvalue weighted by Crippen LogP contribution is 2.32. The molecule has 0 aliphatic rings. The Balaban J connectivity index is 1.55. The molecule has 0 saturated carbocycles. The molecule has 38 heavy (non-hydrogen) atoms. The maximum atomic E-state index is 11.4. The Hall–Kier alpha value is -3.48. The number of para-hydroxylation sites is 1. The van der Waals surface area contributed by atoms with Gasteiger partial charge in [-0.3, -0.25) is 0 Å². The monoisotopic (exact) mass is 551 g/mol. The molecular formula is C30H31Cl2N3O3. The number of carbonyl (C=O) groups is 1. The minimum Gasteiger partial charge on any atom is -0.487 e. The van der Waals surface area contributed by atoms with E-state index in [1.165, 1.54) is 0 Å². The van der Waals surface area contributed by atoms with E-state index < -0.39 is 5.97 Å². The molecule has 1 aromatic heterocycles. The van der Waals surface area contributed by atoms with Crippen molar-refractivity contribution in [2.45, 2.75) is 46.8 Å². The van der Waals surface area contributed by atoms with E-state index in [1.807, 2.05) is 57.4 Å². The van der Waals surface area contributed by atoms with Crippen LogP contribution in [0.25, 0.3) is 5.69 Å². The second kappa shape index (κ2) is 11.5. The fourth-order valence-corrected chi connectivity index (χ4v) is 5.19. The van der Waals surface area contributed by atoms with Crippen molar-refractivity contribution >= 4 is 34.9 Å². The summed E-state index contributed by atoms with van der Waals surface area (Å²) in [6, 6.07) is 16.8. The van der Waals surface area contributed by atoms with Gasteiger partial charge in [-0.05, 0) is 84.5 Å². The average Bonchev–Trinajstić information content (AvgIpc) is 3.26. The third-order valence-electron chi connectivity index (χ3n) is 6.43. The van der Waals surface area contributed by atoms with Crippen molar-refractivity contribution in [3.8, 4) is 11.4 Å². The number of carboxylic acids is 1. The van der Waals surface area contributed by atoms with Crippen molar-refractivity contribution in [1.29, 1.82) is 0 Å². The molecule has 198 valence electrons. The molecule has 0 atom stereocenters. The second-order valence-corrected chi connectivity index (χ2v) is 10.6. The molecule has 0 unspecified atom stereocenters. The molecule has 0 saturated heterocycles. The van der Waals surface area contributed by atoms with Crippen LogP contribution in [0.5, 0.6) is 5.75 Å². The molecule has 0 aliphatic carbocycles. The average molecular weight is 553 g/mol. The van der Waals surface area contributed by atoms with Gasteiger partial charge in [0.25, 0.3) is 0 Å². The third-order valence-corrected chi connectivity index (χ3v) is 7.04. The van der Waals surface area contributed by atoms with Crippen molar-refractivity contribution in [2.75, 3.05) is 11.9 Å². The van der Waals surface area contributed by atoms with E-state index in [0.29, 0.717) is 34.4 Å². The lowest BCUT2D eigenvalue weighted by Crippen LogP contribution is -2.18. The van der Waals surface area contributed by atoms with E-state index in [2.05, 4.69) is 23.8 Å². The van der Waals surface area contributed by atoms with Crippen LogP contribution in [-0.4, -0.2) is 27.9 Å². The van der Waals surface area contributed by atoms with E-state index in [4.69, 9.17) is 27.9 Å². The minimum atomic E-state index is -0.922. The summed E-state index contributed by atoms with van der Waals surface area (Å²) in [5, 5.41) is 15.0. The molecule has 3 aromatic carbocycles. The summed E-state index contributed by atoms with van der Waals surface area (Å²) >= 11 is 13.0. The number of hydrogen-bond donors (Lipinski definition) is 1. The van der Waals surface area contributed by atoms with Crippen LogP contribution in [0, 0.1) is 13.8 Å². The van der Waals surface area contributed by atoms with Crippen LogP contribution in [-0.2, 0) is 13.2 Å². The first kappa shape index (κ1) is 27.6. The molecule has 1 N–H and O–H groups in total. The van der Waals surface area contributed by atoms with Gasteiger partial charge in [-0.2, -0.15) is 5.10 Å². The highest BCUT2D eigenvalue weighted by molar-refractivity contribution is 6.37. The van der Waals surface area contributed by atoms with Crippen molar-refractivity contribution < 1.29 is 14.6 Å². The van der Waals surface area contributed by atoms with Crippen molar-refractivity contribution in [3.63, 3.8) is 0 Å². The molecule has 6 nitrogen and oxygen atoms in total. The SMILES string of the molecule is Cc1cc(CN(C)c2ccc(OCc3c(C(C)C)cnn3-c3c(Cl)cccc3Cl)cc2C)cc(C(=O)O)c1. The second-order valence-electron chi connectivity index (χ2n) is 9.79. The summed E-state index contributed by atoms with van der Waals surface area (Å²) in [6.45, 7) is 9.04. The number of aromatic nitrogens is 2. The molecule has 1 heterocycles. The Morgan fingerprint density at radius 1 is 1.08 bits per heavy atom. The van der Waals surface area contributed by atoms with E-state index in [-0.39, 0.29) is 5.92 Å². The van der Waals surface area contributed by atoms with Gasteiger partial charge in [0.1, 0.15) is 18.0 Å². The number of hydrogen-bond acceptors (Lipinski definition) is 4. The molecule has 4 rings (SSSR count). The summed E-state index contributed by atoms with van der Waals surface area (Å²) in [7, 11) is 1.99. The van der Waals surface area contributed by atoms with Crippen molar-refractivity contribution in [3.05, 3.63) is 104 Å². The largest absolute Gasteiger partial charge is 0.487 e. The zero-order valence-corrected chi connectivity index (χ0v) is 23.6. The maximum Gasteiger partial charge on any atom is 0.335 e. The van der Waals surface area contributed by atoms with Gasteiger partial charge in [-0.15, -0.1) is 0 Å². The first-order chi connectivity index (χ1) is 18.0. The number of aryl methyl sites for hydroxylation is 2. The normalized spacial score (nSPS) is 11.2. The van der Waals surface area contributed by atoms with Gasteiger partial charge in [0.15, 0.2) is 0 Å². The highest BCUT2D eigenvalue weighted by Gasteiger charge is 2.19. The first-order valence-electron chi connectivity index (χ1n) is 12.3. The summed E-state index contributed by atoms with van der Waals surface area (Å²) in [4.78, 5) is 13.5. The van der Waals surface area contributed by atoms with E-state index in [1.54, 1.807) is 28.9 Å². The predicted molar refractivity (Wildman–Crippen MR) is 153 cm³/mol. The van der Waals surface area contributed by atoms with Crippen LogP contribution in [0.15, 0.2) is 60.8 Å². The number of anilines is 1. The van der Waals surface area contributed by atoms with E-state index in [0.717, 1.165) is 39.4 Å². The number of carboxylic acid groups (broad SMARTS) is 1. The zero-order valence-electron chi connectivity index (χ0n) is 22.1. The molecule has 0 radical (unpaired) electrons. The Bertz CT molecular complexity index is 1460. The van der Waals surface area contributed by atoms with Gasteiger partial charge in [0.2, 0.25) is 0 Å². The van der Waals surface area contributed by atoms with Gasteiger partial charge in [-0.1, -0.05) is 49.2 Å². The lowest BCUT2D eigenvalue weighted by molar-refractivity contribution is 0.0696. The van der Waals surface area contributed by atoms with Gasteiger partial charge in [0, 0.05) is 19.3 Å². The van der Waals surface area contributed by atoms with Crippen LogP contribution < -0.4 is 9.64 Å². The maximum absolute atomic E-state index is 11.4. The third kappa shape index (κ3) is 5.98. The highest BCUT2D eigenvalue weighted by atomic mass is 35.5. The smallest absolute Gasteiger partial charge is 0.335 e. The van der Waals surface area contributed by atoms with Crippen LogP contribution >= 0.6 is 23.2 Å². The van der Waals surface area contributed by atoms with Gasteiger partial charge >= 0.3 is 5.97 Å². The Morgan fingerprint density at radius 2 is 1.79 bits per heavy atom. The molecule has 8 heteroatoms. The van der Waals surface area contributed by atoms with E-state index in [9.17, 15) is 9.90 Å². The standard InChI is InChI=1S/C30H31Cl2N3O3/c1-18(2)24-15-33-35(29-25(31)7-6-8-26(29)32)28(24)17-38-23-9-10-27(20(4)13-23)34(5)16-21-11-19(3)12-22(14-21)30(36)37/h6-15,18H,16-17H2,1-5H3,(H,36,37). The quantitative estimate of drug-likeness (QED) is 0.229. The molecule has 0 amide bonds. The summed E-state index contributed by atoms with van der Waals surface area (Å²) in [6.07, 6.45) is 1.84. The number of aromatic carboxylic acids is 1. The topological polar surface area (TPSA) is 67.6 Å². The number of halogens is 2. The van der Waals surface area contributed by atoms with Crippen LogP contribution in [0.2, 0.25) is 10.0 Å². The fourth-order valence-electron chi connectivity index (χ4n) is 4.63. The fraction of sp³-hybridized carbons (Fsp3) is 0.267. The zero-order chi connectivity index (χ0) is 27.6. The molecule has 0 spiro atoms. The first-order valence-corrected chi connectivity index (χ1v) is 13.1. The number of rotatable bonds is 9. The summed E-state index contributed by atoms with van der Waals surface area (Å²) in [5.41, 5.74) is 6.83. The van der Waals surface area contributed by atoms with Crippen LogP contribution in [0.3, 0.4) is 0 Å². The van der Waals surface area contributed by atoms with Crippen molar-refractivity contribution in [1.82, 2.24) is 9.78 Å². The van der Waals surface area contributed by atoms with Crippen LogP contribution in [0.1, 0.15) is 58.1 Å². The van der Waals surface area contributed by atoms with Crippen molar-refractivity contribution in [2.24, 2.45) is 0 Å². The Morgan fingerprint density at radius 3 is 2.42 bits per heavy atom. The predicted octanol–water partition coefficient (Wildman–Crippen LogP) is 7.83. The number of nitrogens with zero attached hydrogens (tertiary/aromatic N) is 3. The Labute approximate surface area is 233 Å². The molecule has 0 aliphatic heterocycles. The van der Waals surface area contributed by atoms with Gasteiger partial charge in [-0.25, -0.2) is 9.48 Å². The summed E-state index contributed by atoms with van der Waals surface area (Å²) in [5.74, 6) is 0.0507. The Kier molecular flexibility index (Phi) is 8.34. The minimum absolute atomic E-state index is 0.240. The number of benzene rings is 3. The lowest BCUT2D eigenvalue weighted by Gasteiger charge is -2.23. The molecule has 0 bridgehead atoms.